The molecule has 0 saturated carbocycles. The Hall–Kier alpha value is -3.48. The van der Waals surface area contributed by atoms with E-state index in [2.05, 4.69) is 5.32 Å². The highest BCUT2D eigenvalue weighted by Crippen LogP contribution is 2.16. The van der Waals surface area contributed by atoms with Gasteiger partial charge in [-0.2, -0.15) is 0 Å². The van der Waals surface area contributed by atoms with Crippen molar-refractivity contribution < 1.29 is 28.5 Å². The van der Waals surface area contributed by atoms with Crippen LogP contribution in [0.4, 0.5) is 0 Å². The molecule has 0 aliphatic carbocycles. The Morgan fingerprint density at radius 3 is 2.03 bits per heavy atom. The number of ether oxygens (including phenoxy) is 4. The molecule has 7 heteroatoms. The summed E-state index contributed by atoms with van der Waals surface area (Å²) >= 11 is 0. The van der Waals surface area contributed by atoms with Gasteiger partial charge in [-0.05, 0) is 55.0 Å². The highest BCUT2D eigenvalue weighted by Gasteiger charge is 2.15. The Kier molecular flexibility index (Phi) is 8.56. The third-order valence-electron chi connectivity index (χ3n) is 3.91. The molecule has 0 radical (unpaired) electrons. The molecular formula is C22H25NO6. The van der Waals surface area contributed by atoms with Crippen molar-refractivity contribution in [1.29, 1.82) is 0 Å². The van der Waals surface area contributed by atoms with Crippen molar-refractivity contribution in [2.75, 3.05) is 27.4 Å². The van der Waals surface area contributed by atoms with E-state index >= 15 is 0 Å². The minimum Gasteiger partial charge on any atom is -0.497 e. The fourth-order valence-electron chi connectivity index (χ4n) is 2.31. The second-order valence-electron chi connectivity index (χ2n) is 6.03. The van der Waals surface area contributed by atoms with Crippen molar-refractivity contribution in [1.82, 2.24) is 5.32 Å². The van der Waals surface area contributed by atoms with Gasteiger partial charge in [-0.3, -0.25) is 4.79 Å². The number of benzene rings is 2. The monoisotopic (exact) mass is 399 g/mol. The molecule has 1 N–H and O–H groups in total. The number of carbonyl (C=O) groups excluding carboxylic acids is 2. The van der Waals surface area contributed by atoms with Crippen molar-refractivity contribution >= 4 is 18.0 Å². The standard InChI is InChI=1S/C22H25NO6/c1-16(23-21(24)13-6-17-4-7-18(26-2)8-5-17)22(25)29-15-14-28-20-11-9-19(27-3)10-12-20/h4-13,16H,14-15H2,1-3H3,(H,23,24)/b13-6+/t16-/m0/s1. The maximum Gasteiger partial charge on any atom is 0.328 e. The maximum absolute atomic E-state index is 12.0. The van der Waals surface area contributed by atoms with Crippen LogP contribution in [-0.4, -0.2) is 45.4 Å². The molecular weight excluding hydrogens is 374 g/mol. The summed E-state index contributed by atoms with van der Waals surface area (Å²) in [5, 5.41) is 2.56. The quantitative estimate of drug-likeness (QED) is 0.376. The minimum atomic E-state index is -0.774. The molecule has 0 aliphatic heterocycles. The van der Waals surface area contributed by atoms with Crippen LogP contribution in [-0.2, 0) is 14.3 Å². The Balaban J connectivity index is 1.68. The van der Waals surface area contributed by atoms with Gasteiger partial charge in [-0.25, -0.2) is 4.79 Å². The molecule has 0 aliphatic rings. The SMILES string of the molecule is COc1ccc(/C=C/C(=O)N[C@@H](C)C(=O)OCCOc2ccc(OC)cc2)cc1. The lowest BCUT2D eigenvalue weighted by molar-refractivity contribution is -0.147. The number of methoxy groups -OCH3 is 2. The molecule has 154 valence electrons. The van der Waals surface area contributed by atoms with Gasteiger partial charge in [0.1, 0.15) is 36.5 Å². The average molecular weight is 399 g/mol. The molecule has 0 unspecified atom stereocenters. The number of nitrogens with one attached hydrogen (secondary N) is 1. The predicted octanol–water partition coefficient (Wildman–Crippen LogP) is 2.84. The lowest BCUT2D eigenvalue weighted by Crippen LogP contribution is -2.39. The van der Waals surface area contributed by atoms with Gasteiger partial charge in [-0.15, -0.1) is 0 Å². The molecule has 0 fully saturated rings. The summed E-state index contributed by atoms with van der Waals surface area (Å²) in [6.45, 7) is 1.84. The molecule has 1 atom stereocenters. The zero-order valence-electron chi connectivity index (χ0n) is 16.7. The van der Waals surface area contributed by atoms with E-state index in [0.29, 0.717) is 5.75 Å². The topological polar surface area (TPSA) is 83.1 Å². The summed E-state index contributed by atoms with van der Waals surface area (Å²) in [5.74, 6) is 1.19. The van der Waals surface area contributed by atoms with Crippen LogP contribution in [0.15, 0.2) is 54.6 Å². The molecule has 2 rings (SSSR count). The van der Waals surface area contributed by atoms with E-state index in [-0.39, 0.29) is 19.1 Å². The lowest BCUT2D eigenvalue weighted by Gasteiger charge is -2.13. The molecule has 0 spiro atoms. The summed E-state index contributed by atoms with van der Waals surface area (Å²) in [4.78, 5) is 23.9. The Labute approximate surface area is 170 Å². The zero-order valence-corrected chi connectivity index (χ0v) is 16.7. The smallest absolute Gasteiger partial charge is 0.328 e. The fourth-order valence-corrected chi connectivity index (χ4v) is 2.31. The van der Waals surface area contributed by atoms with Gasteiger partial charge in [0, 0.05) is 6.08 Å². The molecule has 2 aromatic rings. The molecule has 2 aromatic carbocycles. The average Bonchev–Trinajstić information content (AvgIpc) is 2.75. The van der Waals surface area contributed by atoms with E-state index in [1.165, 1.54) is 6.08 Å². The van der Waals surface area contributed by atoms with Crippen LogP contribution in [0.25, 0.3) is 6.08 Å². The van der Waals surface area contributed by atoms with Gasteiger partial charge in [-0.1, -0.05) is 12.1 Å². The lowest BCUT2D eigenvalue weighted by atomic mass is 10.2. The number of rotatable bonds is 10. The van der Waals surface area contributed by atoms with Gasteiger partial charge in [0.2, 0.25) is 5.91 Å². The summed E-state index contributed by atoms with van der Waals surface area (Å²) in [6.07, 6.45) is 3.01. The fraction of sp³-hybridized carbons (Fsp3) is 0.273. The number of amides is 1. The molecule has 0 bridgehead atoms. The maximum atomic E-state index is 12.0. The van der Waals surface area contributed by atoms with Crippen molar-refractivity contribution in [3.8, 4) is 17.2 Å². The van der Waals surface area contributed by atoms with Gasteiger partial charge in [0.05, 0.1) is 14.2 Å². The van der Waals surface area contributed by atoms with Gasteiger partial charge in [0.15, 0.2) is 0 Å². The first kappa shape index (κ1) is 21.8. The van der Waals surface area contributed by atoms with E-state index < -0.39 is 12.0 Å². The molecule has 29 heavy (non-hydrogen) atoms. The second kappa shape index (κ2) is 11.4. The van der Waals surface area contributed by atoms with Crippen LogP contribution in [0, 0.1) is 0 Å². The third-order valence-corrected chi connectivity index (χ3v) is 3.91. The predicted molar refractivity (Wildman–Crippen MR) is 109 cm³/mol. The molecule has 1 amide bonds. The zero-order chi connectivity index (χ0) is 21.1. The Morgan fingerprint density at radius 2 is 1.45 bits per heavy atom. The Bertz CT molecular complexity index is 814. The minimum absolute atomic E-state index is 0.0762. The van der Waals surface area contributed by atoms with E-state index in [1.54, 1.807) is 63.6 Å². The number of carbonyl (C=O) groups is 2. The first-order valence-electron chi connectivity index (χ1n) is 9.08. The van der Waals surface area contributed by atoms with E-state index in [9.17, 15) is 9.59 Å². The van der Waals surface area contributed by atoms with Gasteiger partial charge < -0.3 is 24.3 Å². The van der Waals surface area contributed by atoms with Crippen LogP contribution in [0.3, 0.4) is 0 Å². The van der Waals surface area contributed by atoms with Gasteiger partial charge >= 0.3 is 5.97 Å². The summed E-state index contributed by atoms with van der Waals surface area (Å²) in [5.41, 5.74) is 0.840. The van der Waals surface area contributed by atoms with E-state index in [1.807, 2.05) is 12.1 Å². The number of hydrogen-bond donors (Lipinski definition) is 1. The van der Waals surface area contributed by atoms with Crippen molar-refractivity contribution in [2.45, 2.75) is 13.0 Å². The third kappa shape index (κ3) is 7.57. The highest BCUT2D eigenvalue weighted by atomic mass is 16.6. The van der Waals surface area contributed by atoms with Crippen LogP contribution >= 0.6 is 0 Å². The van der Waals surface area contributed by atoms with Crippen LogP contribution in [0.1, 0.15) is 12.5 Å². The second-order valence-corrected chi connectivity index (χ2v) is 6.03. The molecule has 0 heterocycles. The first-order chi connectivity index (χ1) is 14.0. The Morgan fingerprint density at radius 1 is 0.897 bits per heavy atom. The van der Waals surface area contributed by atoms with Crippen molar-refractivity contribution in [3.05, 3.63) is 60.2 Å². The van der Waals surface area contributed by atoms with E-state index in [0.717, 1.165) is 17.1 Å². The number of hydrogen-bond acceptors (Lipinski definition) is 6. The van der Waals surface area contributed by atoms with Crippen LogP contribution in [0.5, 0.6) is 17.2 Å². The van der Waals surface area contributed by atoms with Crippen LogP contribution in [0.2, 0.25) is 0 Å². The number of esters is 1. The van der Waals surface area contributed by atoms with Gasteiger partial charge in [0.25, 0.3) is 0 Å². The first-order valence-corrected chi connectivity index (χ1v) is 9.08. The summed E-state index contributed by atoms with van der Waals surface area (Å²) in [7, 11) is 3.17. The summed E-state index contributed by atoms with van der Waals surface area (Å²) in [6, 6.07) is 13.5. The highest BCUT2D eigenvalue weighted by molar-refractivity contribution is 5.94. The van der Waals surface area contributed by atoms with Crippen LogP contribution < -0.4 is 19.5 Å². The van der Waals surface area contributed by atoms with Crippen molar-refractivity contribution in [3.63, 3.8) is 0 Å². The van der Waals surface area contributed by atoms with E-state index in [4.69, 9.17) is 18.9 Å². The molecule has 0 aromatic heterocycles. The summed E-state index contributed by atoms with van der Waals surface area (Å²) < 4.78 is 20.7. The molecule has 7 nitrogen and oxygen atoms in total. The normalized spacial score (nSPS) is 11.6. The molecule has 0 saturated heterocycles. The van der Waals surface area contributed by atoms with Crippen molar-refractivity contribution in [2.24, 2.45) is 0 Å². The largest absolute Gasteiger partial charge is 0.497 e.